The van der Waals surface area contributed by atoms with Gasteiger partial charge in [-0.3, -0.25) is 4.79 Å². The van der Waals surface area contributed by atoms with E-state index < -0.39 is 6.10 Å². The Morgan fingerprint density at radius 3 is 2.81 bits per heavy atom. The van der Waals surface area contributed by atoms with Gasteiger partial charge in [0, 0.05) is 27.9 Å². The molecule has 27 heavy (non-hydrogen) atoms. The number of carbonyl (C=O) groups is 1. The summed E-state index contributed by atoms with van der Waals surface area (Å²) in [6, 6.07) is 15.1. The number of ether oxygens (including phenoxy) is 2. The van der Waals surface area contributed by atoms with Crippen molar-refractivity contribution in [1.82, 2.24) is 9.97 Å². The van der Waals surface area contributed by atoms with Crippen molar-refractivity contribution in [1.29, 1.82) is 0 Å². The van der Waals surface area contributed by atoms with E-state index in [1.165, 1.54) is 0 Å². The lowest BCUT2D eigenvalue weighted by molar-refractivity contribution is -0.145. The molecule has 5 nitrogen and oxygen atoms in total. The maximum absolute atomic E-state index is 12.0. The number of rotatable bonds is 4. The summed E-state index contributed by atoms with van der Waals surface area (Å²) >= 11 is 6.19. The molecule has 1 atom stereocenters. The van der Waals surface area contributed by atoms with Crippen LogP contribution in [0.4, 0.5) is 0 Å². The fraction of sp³-hybridized carbons (Fsp3) is 0.190. The van der Waals surface area contributed by atoms with E-state index in [0.29, 0.717) is 23.2 Å². The first-order chi connectivity index (χ1) is 13.2. The number of nitrogens with zero attached hydrogens (tertiary/aromatic N) is 2. The lowest BCUT2D eigenvalue weighted by Gasteiger charge is -2.27. The summed E-state index contributed by atoms with van der Waals surface area (Å²) in [6.07, 6.45) is 1.31. The van der Waals surface area contributed by atoms with Gasteiger partial charge in [-0.25, -0.2) is 9.97 Å². The van der Waals surface area contributed by atoms with Crippen molar-refractivity contribution in [2.45, 2.75) is 19.4 Å². The molecule has 6 heteroatoms. The number of esters is 1. The number of hydrogen-bond donors (Lipinski definition) is 0. The lowest BCUT2D eigenvalue weighted by atomic mass is 9.97. The van der Waals surface area contributed by atoms with Gasteiger partial charge in [-0.05, 0) is 25.1 Å². The van der Waals surface area contributed by atoms with E-state index in [1.807, 2.05) is 36.4 Å². The second-order valence-corrected chi connectivity index (χ2v) is 6.56. The fourth-order valence-electron chi connectivity index (χ4n) is 3.10. The molecule has 2 heterocycles. The Hall–Kier alpha value is -2.92. The zero-order valence-corrected chi connectivity index (χ0v) is 15.4. The zero-order valence-electron chi connectivity index (χ0n) is 14.7. The maximum Gasteiger partial charge on any atom is 0.309 e. The van der Waals surface area contributed by atoms with Crippen molar-refractivity contribution in [3.63, 3.8) is 0 Å². The molecule has 0 bridgehead atoms. The molecule has 1 aromatic heterocycles. The van der Waals surface area contributed by atoms with Crippen molar-refractivity contribution in [3.05, 3.63) is 65.3 Å². The normalized spacial score (nSPS) is 14.7. The van der Waals surface area contributed by atoms with E-state index in [0.717, 1.165) is 22.4 Å². The van der Waals surface area contributed by atoms with E-state index >= 15 is 0 Å². The molecule has 4 rings (SSSR count). The van der Waals surface area contributed by atoms with E-state index in [1.54, 1.807) is 25.3 Å². The number of fused-ring (bicyclic) bond motifs is 3. The average molecular weight is 381 g/mol. The van der Waals surface area contributed by atoms with Crippen molar-refractivity contribution in [2.24, 2.45) is 0 Å². The summed E-state index contributed by atoms with van der Waals surface area (Å²) in [5, 5.41) is 0.590. The van der Waals surface area contributed by atoms with Gasteiger partial charge in [-0.1, -0.05) is 41.9 Å². The Bertz CT molecular complexity index is 992. The molecule has 0 amide bonds. The third-order valence-corrected chi connectivity index (χ3v) is 4.55. The van der Waals surface area contributed by atoms with Crippen molar-refractivity contribution in [2.75, 3.05) is 6.61 Å². The van der Waals surface area contributed by atoms with Gasteiger partial charge < -0.3 is 9.47 Å². The summed E-state index contributed by atoms with van der Waals surface area (Å²) < 4.78 is 11.1. The molecular weight excluding hydrogens is 364 g/mol. The third kappa shape index (κ3) is 3.51. The molecule has 3 aromatic rings. The summed E-state index contributed by atoms with van der Waals surface area (Å²) in [5.74, 6) is 0.925. The molecule has 0 saturated carbocycles. The average Bonchev–Trinajstić information content (AvgIpc) is 2.69. The minimum atomic E-state index is -0.502. The topological polar surface area (TPSA) is 61.3 Å². The van der Waals surface area contributed by atoms with Gasteiger partial charge in [0.1, 0.15) is 11.9 Å². The Labute approximate surface area is 161 Å². The molecule has 0 aliphatic carbocycles. The van der Waals surface area contributed by atoms with E-state index in [4.69, 9.17) is 26.1 Å². The molecule has 136 valence electrons. The van der Waals surface area contributed by atoms with Crippen LogP contribution in [0.15, 0.2) is 54.7 Å². The van der Waals surface area contributed by atoms with Crippen LogP contribution in [-0.4, -0.2) is 22.5 Å². The largest absolute Gasteiger partial charge is 0.484 e. The smallest absolute Gasteiger partial charge is 0.309 e. The summed E-state index contributed by atoms with van der Waals surface area (Å²) in [6.45, 7) is 2.11. The molecule has 0 radical (unpaired) electrons. The van der Waals surface area contributed by atoms with E-state index in [9.17, 15) is 4.79 Å². The highest BCUT2D eigenvalue weighted by atomic mass is 35.5. The van der Waals surface area contributed by atoms with Gasteiger partial charge in [0.2, 0.25) is 0 Å². The SMILES string of the molecule is CCOC(=O)CC1Oc2ccc(Cl)cc2-c2nc(-c3ccccc3)ncc21. The van der Waals surface area contributed by atoms with Crippen LogP contribution in [0.3, 0.4) is 0 Å². The quantitative estimate of drug-likeness (QED) is 0.605. The number of aromatic nitrogens is 2. The van der Waals surface area contributed by atoms with E-state index in [2.05, 4.69) is 4.98 Å². The summed E-state index contributed by atoms with van der Waals surface area (Å²) in [5.41, 5.74) is 3.17. The molecule has 1 unspecified atom stereocenters. The molecule has 1 aliphatic rings. The maximum atomic E-state index is 12.0. The van der Waals surface area contributed by atoms with Crippen LogP contribution >= 0.6 is 11.6 Å². The highest BCUT2D eigenvalue weighted by Crippen LogP contribution is 2.43. The molecule has 0 saturated heterocycles. The first-order valence-corrected chi connectivity index (χ1v) is 9.08. The van der Waals surface area contributed by atoms with Gasteiger partial charge in [0.15, 0.2) is 5.82 Å². The van der Waals surface area contributed by atoms with Crippen molar-refractivity contribution < 1.29 is 14.3 Å². The van der Waals surface area contributed by atoms with Crippen LogP contribution in [0.25, 0.3) is 22.6 Å². The first-order valence-electron chi connectivity index (χ1n) is 8.70. The Kier molecular flexibility index (Phi) is 4.77. The molecule has 1 aliphatic heterocycles. The van der Waals surface area contributed by atoms with Crippen LogP contribution in [0, 0.1) is 0 Å². The van der Waals surface area contributed by atoms with Crippen molar-refractivity contribution in [3.8, 4) is 28.4 Å². The Morgan fingerprint density at radius 1 is 1.22 bits per heavy atom. The van der Waals surface area contributed by atoms with Crippen molar-refractivity contribution >= 4 is 17.6 Å². The number of halogens is 1. The molecular formula is C21H17ClN2O3. The number of carbonyl (C=O) groups excluding carboxylic acids is 1. The second kappa shape index (κ2) is 7.37. The van der Waals surface area contributed by atoms with Crippen LogP contribution in [0.2, 0.25) is 5.02 Å². The van der Waals surface area contributed by atoms with Gasteiger partial charge in [0.25, 0.3) is 0 Å². The monoisotopic (exact) mass is 380 g/mol. The highest BCUT2D eigenvalue weighted by Gasteiger charge is 2.30. The van der Waals surface area contributed by atoms with Gasteiger partial charge in [0.05, 0.1) is 18.7 Å². The van der Waals surface area contributed by atoms with Crippen LogP contribution < -0.4 is 4.74 Å². The minimum Gasteiger partial charge on any atom is -0.484 e. The van der Waals surface area contributed by atoms with Gasteiger partial charge in [-0.2, -0.15) is 0 Å². The Morgan fingerprint density at radius 2 is 2.04 bits per heavy atom. The fourth-order valence-corrected chi connectivity index (χ4v) is 3.27. The standard InChI is InChI=1S/C21H17ClN2O3/c1-2-26-19(25)11-18-16-12-23-21(13-6-4-3-5-7-13)24-20(16)15-10-14(22)8-9-17(15)27-18/h3-10,12,18H,2,11H2,1H3. The Balaban J connectivity index is 1.81. The molecule has 0 fully saturated rings. The second-order valence-electron chi connectivity index (χ2n) is 6.12. The van der Waals surface area contributed by atoms with Gasteiger partial charge in [-0.15, -0.1) is 0 Å². The lowest BCUT2D eigenvalue weighted by Crippen LogP contribution is -2.20. The number of hydrogen-bond acceptors (Lipinski definition) is 5. The first kappa shape index (κ1) is 17.5. The predicted molar refractivity (Wildman–Crippen MR) is 103 cm³/mol. The minimum absolute atomic E-state index is 0.0942. The van der Waals surface area contributed by atoms with Crippen LogP contribution in [0.5, 0.6) is 5.75 Å². The number of benzene rings is 2. The van der Waals surface area contributed by atoms with E-state index in [-0.39, 0.29) is 12.4 Å². The summed E-state index contributed by atoms with van der Waals surface area (Å²) in [7, 11) is 0. The van der Waals surface area contributed by atoms with Gasteiger partial charge >= 0.3 is 5.97 Å². The highest BCUT2D eigenvalue weighted by molar-refractivity contribution is 6.31. The third-order valence-electron chi connectivity index (χ3n) is 4.32. The molecule has 0 spiro atoms. The van der Waals surface area contributed by atoms with Crippen LogP contribution in [-0.2, 0) is 9.53 Å². The molecule has 2 aromatic carbocycles. The summed E-state index contributed by atoms with van der Waals surface area (Å²) in [4.78, 5) is 21.3. The zero-order chi connectivity index (χ0) is 18.8. The predicted octanol–water partition coefficient (Wildman–Crippen LogP) is 4.85. The molecule has 0 N–H and O–H groups in total. The van der Waals surface area contributed by atoms with Crippen LogP contribution in [0.1, 0.15) is 25.0 Å².